The number of halogens is 2. The molecule has 0 unspecified atom stereocenters. The highest BCUT2D eigenvalue weighted by atomic mass is 19.3. The topological polar surface area (TPSA) is 86.2 Å². The van der Waals surface area contributed by atoms with Gasteiger partial charge in [-0.15, -0.1) is 0 Å². The first-order chi connectivity index (χ1) is 8.36. The first kappa shape index (κ1) is 16.0. The fourth-order valence-electron chi connectivity index (χ4n) is 2.53. The van der Waals surface area contributed by atoms with E-state index in [0.717, 1.165) is 0 Å². The zero-order valence-corrected chi connectivity index (χ0v) is 11.6. The number of hydrogen-bond donors (Lipinski definition) is 2. The minimum Gasteiger partial charge on any atom is -0.368 e. The van der Waals surface area contributed by atoms with E-state index in [0.29, 0.717) is 0 Å². The molecule has 4 N–H and O–H groups in total. The summed E-state index contributed by atoms with van der Waals surface area (Å²) < 4.78 is 25.5. The van der Waals surface area contributed by atoms with Gasteiger partial charge in [-0.2, -0.15) is 0 Å². The van der Waals surface area contributed by atoms with E-state index in [1.165, 1.54) is 0 Å². The van der Waals surface area contributed by atoms with Crippen molar-refractivity contribution in [1.29, 1.82) is 0 Å². The maximum atomic E-state index is 12.7. The largest absolute Gasteiger partial charge is 0.368 e. The van der Waals surface area contributed by atoms with Crippen LogP contribution in [0.4, 0.5) is 8.78 Å². The molecule has 0 aromatic heterocycles. The molecule has 0 saturated heterocycles. The molecule has 0 aromatic carbocycles. The Morgan fingerprint density at radius 3 is 2.05 bits per heavy atom. The third kappa shape index (κ3) is 3.96. The zero-order chi connectivity index (χ0) is 15.1. The van der Waals surface area contributed by atoms with Gasteiger partial charge in [-0.3, -0.25) is 9.59 Å². The third-order valence-corrected chi connectivity index (χ3v) is 3.40. The maximum absolute atomic E-state index is 12.7. The normalized spacial score (nSPS) is 22.4. The van der Waals surface area contributed by atoms with Crippen LogP contribution in [-0.2, 0) is 9.59 Å². The van der Waals surface area contributed by atoms with Gasteiger partial charge in [0.15, 0.2) is 11.3 Å². The molecule has 1 atom stereocenters. The molecule has 4 nitrogen and oxygen atoms in total. The van der Waals surface area contributed by atoms with E-state index in [4.69, 9.17) is 11.5 Å². The summed E-state index contributed by atoms with van der Waals surface area (Å²) in [4.78, 5) is 23.6. The molecule has 1 fully saturated rings. The van der Waals surface area contributed by atoms with Crippen LogP contribution >= 0.6 is 0 Å². The van der Waals surface area contributed by atoms with Crippen LogP contribution in [0.2, 0.25) is 0 Å². The highest BCUT2D eigenvalue weighted by molar-refractivity contribution is 6.09. The number of Topliss-reactive ketones (excluding diaryl/α,β-unsaturated/α-hetero) is 1. The van der Waals surface area contributed by atoms with Crippen LogP contribution in [0.5, 0.6) is 0 Å². The molecule has 1 amide bonds. The number of rotatable bonds is 5. The van der Waals surface area contributed by atoms with Gasteiger partial charge in [-0.25, -0.2) is 8.78 Å². The molecule has 19 heavy (non-hydrogen) atoms. The summed E-state index contributed by atoms with van der Waals surface area (Å²) in [5.74, 6) is -4.50. The Morgan fingerprint density at radius 2 is 1.74 bits per heavy atom. The molecule has 0 aromatic rings. The Bertz CT molecular complexity index is 383. The number of amides is 1. The van der Waals surface area contributed by atoms with Gasteiger partial charge < -0.3 is 11.5 Å². The van der Waals surface area contributed by atoms with Crippen LogP contribution < -0.4 is 11.5 Å². The lowest BCUT2D eigenvalue weighted by Crippen LogP contribution is -2.60. The Balaban J connectivity index is 2.72. The van der Waals surface area contributed by atoms with Crippen LogP contribution in [0.3, 0.4) is 0 Å². The lowest BCUT2D eigenvalue weighted by Gasteiger charge is -2.37. The first-order valence-electron chi connectivity index (χ1n) is 6.36. The van der Waals surface area contributed by atoms with Crippen LogP contribution in [0.15, 0.2) is 0 Å². The van der Waals surface area contributed by atoms with Crippen molar-refractivity contribution in [3.05, 3.63) is 0 Å². The fraction of sp³-hybridized carbons (Fsp3) is 0.846. The Labute approximate surface area is 111 Å². The second-order valence-corrected chi connectivity index (χ2v) is 6.83. The maximum Gasteiger partial charge on any atom is 0.248 e. The number of nitrogens with two attached hydrogens (primary N) is 2. The van der Waals surface area contributed by atoms with Crippen molar-refractivity contribution in [3.63, 3.8) is 0 Å². The van der Waals surface area contributed by atoms with Gasteiger partial charge in [-0.05, 0) is 17.8 Å². The average Bonchev–Trinajstić information content (AvgIpc) is 2.11. The fourth-order valence-corrected chi connectivity index (χ4v) is 2.53. The van der Waals surface area contributed by atoms with E-state index in [-0.39, 0.29) is 31.1 Å². The molecule has 6 heteroatoms. The number of ketones is 1. The standard InChI is InChI=1S/C13H22F2N2O2/c1-11(2,3)7-13(17,10(16)19)9(18)4-8-5-12(14,15)6-8/h8H,4-7,17H2,1-3H3,(H2,16,19)/t13-/m1/s1. The van der Waals surface area contributed by atoms with Gasteiger partial charge in [0.1, 0.15) is 0 Å². The van der Waals surface area contributed by atoms with Gasteiger partial charge in [0.05, 0.1) is 0 Å². The van der Waals surface area contributed by atoms with Crippen molar-refractivity contribution in [3.8, 4) is 0 Å². The number of hydrogen-bond acceptors (Lipinski definition) is 3. The summed E-state index contributed by atoms with van der Waals surface area (Å²) in [5.41, 5.74) is 8.97. The minimum absolute atomic E-state index is 0.106. The summed E-state index contributed by atoms with van der Waals surface area (Å²) >= 11 is 0. The van der Waals surface area contributed by atoms with Gasteiger partial charge in [0.2, 0.25) is 11.8 Å². The lowest BCUT2D eigenvalue weighted by atomic mass is 9.71. The van der Waals surface area contributed by atoms with Gasteiger partial charge in [0, 0.05) is 19.3 Å². The van der Waals surface area contributed by atoms with Crippen molar-refractivity contribution < 1.29 is 18.4 Å². The first-order valence-corrected chi connectivity index (χ1v) is 6.36. The summed E-state index contributed by atoms with van der Waals surface area (Å²) in [6.07, 6.45) is -0.630. The van der Waals surface area contributed by atoms with Gasteiger partial charge in [-0.1, -0.05) is 20.8 Å². The summed E-state index contributed by atoms with van der Waals surface area (Å²) in [7, 11) is 0. The molecule has 0 spiro atoms. The molecular formula is C13H22F2N2O2. The molecule has 1 aliphatic carbocycles. The summed E-state index contributed by atoms with van der Waals surface area (Å²) in [5, 5.41) is 0. The van der Waals surface area contributed by atoms with E-state index < -0.39 is 29.1 Å². The van der Waals surface area contributed by atoms with E-state index in [1.54, 1.807) is 0 Å². The third-order valence-electron chi connectivity index (χ3n) is 3.40. The minimum atomic E-state index is -2.68. The molecular weight excluding hydrogens is 254 g/mol. The van der Waals surface area contributed by atoms with Crippen LogP contribution in [0, 0.1) is 11.3 Å². The Morgan fingerprint density at radius 1 is 1.26 bits per heavy atom. The monoisotopic (exact) mass is 276 g/mol. The van der Waals surface area contributed by atoms with Crippen molar-refractivity contribution in [2.75, 3.05) is 0 Å². The van der Waals surface area contributed by atoms with Crippen molar-refractivity contribution in [2.24, 2.45) is 22.8 Å². The van der Waals surface area contributed by atoms with E-state index in [9.17, 15) is 18.4 Å². The molecule has 1 saturated carbocycles. The average molecular weight is 276 g/mol. The SMILES string of the molecule is CC(C)(C)C[C@](N)(C(N)=O)C(=O)CC1CC(F)(F)C1. The van der Waals surface area contributed by atoms with Crippen molar-refractivity contribution in [1.82, 2.24) is 0 Å². The Hall–Kier alpha value is -1.04. The van der Waals surface area contributed by atoms with Gasteiger partial charge in [0.25, 0.3) is 0 Å². The quantitative estimate of drug-likeness (QED) is 0.748. The second kappa shape index (κ2) is 4.81. The van der Waals surface area contributed by atoms with Gasteiger partial charge >= 0.3 is 0 Å². The molecule has 1 aliphatic rings. The number of primary amides is 1. The molecule has 110 valence electrons. The number of carbonyl (C=O) groups excluding carboxylic acids is 2. The summed E-state index contributed by atoms with van der Waals surface area (Å²) in [6.45, 7) is 5.51. The van der Waals surface area contributed by atoms with Crippen molar-refractivity contribution in [2.45, 2.75) is 57.9 Å². The molecule has 0 heterocycles. The highest BCUT2D eigenvalue weighted by Crippen LogP contribution is 2.44. The van der Waals surface area contributed by atoms with Crippen LogP contribution in [-0.4, -0.2) is 23.2 Å². The van der Waals surface area contributed by atoms with Crippen LogP contribution in [0.25, 0.3) is 0 Å². The second-order valence-electron chi connectivity index (χ2n) is 6.83. The summed E-state index contributed by atoms with van der Waals surface area (Å²) in [6, 6.07) is 0. The Kier molecular flexibility index (Phi) is 4.06. The van der Waals surface area contributed by atoms with Crippen molar-refractivity contribution >= 4 is 11.7 Å². The van der Waals surface area contributed by atoms with E-state index >= 15 is 0 Å². The molecule has 1 rings (SSSR count). The predicted octanol–water partition coefficient (Wildman–Crippen LogP) is 1.61. The van der Waals surface area contributed by atoms with E-state index in [1.807, 2.05) is 20.8 Å². The highest BCUT2D eigenvalue weighted by Gasteiger charge is 2.49. The van der Waals surface area contributed by atoms with Crippen LogP contribution in [0.1, 0.15) is 46.5 Å². The number of carbonyl (C=O) groups is 2. The zero-order valence-electron chi connectivity index (χ0n) is 11.6. The van der Waals surface area contributed by atoms with E-state index in [2.05, 4.69) is 0 Å². The lowest BCUT2D eigenvalue weighted by molar-refractivity contribution is -0.142. The molecule has 0 aliphatic heterocycles. The molecule has 0 radical (unpaired) electrons. The molecule has 0 bridgehead atoms. The smallest absolute Gasteiger partial charge is 0.248 e. The number of alkyl halides is 2. The predicted molar refractivity (Wildman–Crippen MR) is 67.5 cm³/mol.